The van der Waals surface area contributed by atoms with Crippen molar-refractivity contribution in [2.24, 2.45) is 0 Å². The van der Waals surface area contributed by atoms with Crippen LogP contribution in [0.5, 0.6) is 0 Å². The van der Waals surface area contributed by atoms with Gasteiger partial charge in [-0.3, -0.25) is 4.98 Å². The van der Waals surface area contributed by atoms with Crippen LogP contribution in [-0.4, -0.2) is 4.98 Å². The minimum absolute atomic E-state index is 0.737. The highest BCUT2D eigenvalue weighted by Gasteiger charge is 2.21. The molecule has 7 aromatic rings. The van der Waals surface area contributed by atoms with E-state index in [-0.39, 0.29) is 0 Å². The molecular weight excluding hydrogens is 430 g/mol. The van der Waals surface area contributed by atoms with Crippen LogP contribution in [0, 0.1) is 0 Å². The highest BCUT2D eigenvalue weighted by molar-refractivity contribution is 6.28. The van der Waals surface area contributed by atoms with E-state index in [4.69, 9.17) is 10.2 Å². The molecule has 0 radical (unpaired) electrons. The molecule has 4 aromatic carbocycles. The summed E-state index contributed by atoms with van der Waals surface area (Å²) in [6, 6.07) is 30.8. The Hall–Kier alpha value is -4.37. The molecule has 0 N–H and O–H groups in total. The molecule has 3 heterocycles. The third-order valence-electron chi connectivity index (χ3n) is 6.80. The lowest BCUT2D eigenvalue weighted by atomic mass is 9.97. The van der Waals surface area contributed by atoms with Gasteiger partial charge in [-0.1, -0.05) is 68.4 Å². The molecule has 0 unspecified atom stereocenters. The van der Waals surface area contributed by atoms with Crippen molar-refractivity contribution in [2.45, 2.75) is 19.7 Å². The molecule has 3 aromatic heterocycles. The van der Waals surface area contributed by atoms with Gasteiger partial charge in [-0.05, 0) is 59.0 Å². The maximum atomic E-state index is 8.52. The first-order chi connectivity index (χ1) is 17.5. The lowest BCUT2D eigenvalue weighted by molar-refractivity contribution is 0.663. The Labute approximate surface area is 204 Å². The number of hydrogen-bond acceptors (Lipinski definition) is 3. The normalized spacial score (nSPS) is 12.7. The first-order valence-electron chi connectivity index (χ1n) is 12.3. The first-order valence-corrected chi connectivity index (χ1v) is 11.8. The van der Waals surface area contributed by atoms with Crippen LogP contribution in [0.15, 0.2) is 106 Å². The van der Waals surface area contributed by atoms with Gasteiger partial charge in [0, 0.05) is 34.7 Å². The van der Waals surface area contributed by atoms with Crippen LogP contribution in [0.4, 0.5) is 0 Å². The third kappa shape index (κ3) is 3.08. The Kier molecular flexibility index (Phi) is 4.11. The number of fused-ring (bicyclic) bond motifs is 7. The second-order valence-corrected chi connectivity index (χ2v) is 9.21. The number of nitrogens with zero attached hydrogens (tertiary/aromatic N) is 1. The molecule has 0 aliphatic heterocycles. The summed E-state index contributed by atoms with van der Waals surface area (Å²) < 4.78 is 21.5. The summed E-state index contributed by atoms with van der Waals surface area (Å²) in [5, 5.41) is 4.18. The molecule has 0 saturated heterocycles. The van der Waals surface area contributed by atoms with Gasteiger partial charge in [0.05, 0.1) is 5.69 Å². The van der Waals surface area contributed by atoms with Gasteiger partial charge in [0.15, 0.2) is 0 Å². The molecule has 168 valence electrons. The molecule has 0 aliphatic rings. The number of pyridine rings is 1. The molecule has 0 amide bonds. The van der Waals surface area contributed by atoms with Crippen LogP contribution in [0.3, 0.4) is 0 Å². The van der Waals surface area contributed by atoms with Gasteiger partial charge >= 0.3 is 0 Å². The Morgan fingerprint density at radius 1 is 0.686 bits per heavy atom. The molecule has 0 spiro atoms. The van der Waals surface area contributed by atoms with Crippen molar-refractivity contribution in [3.63, 3.8) is 0 Å². The minimum Gasteiger partial charge on any atom is -0.456 e. The van der Waals surface area contributed by atoms with E-state index in [1.807, 2.05) is 68.4 Å². The fraction of sp³-hybridized carbons (Fsp3) is 0.0938. The van der Waals surface area contributed by atoms with E-state index in [0.717, 1.165) is 71.8 Å². The van der Waals surface area contributed by atoms with E-state index in [2.05, 4.69) is 41.4 Å². The molecule has 3 heteroatoms. The van der Waals surface area contributed by atoms with Crippen molar-refractivity contribution in [2.75, 3.05) is 0 Å². The van der Waals surface area contributed by atoms with Crippen LogP contribution in [0.25, 0.3) is 66.3 Å². The molecule has 3 nitrogen and oxygen atoms in total. The first kappa shape index (κ1) is 19.0. The maximum Gasteiger partial charge on any atom is 0.145 e. The molecule has 0 saturated carbocycles. The van der Waals surface area contributed by atoms with E-state index >= 15 is 0 Å². The van der Waals surface area contributed by atoms with Crippen LogP contribution < -0.4 is 0 Å². The van der Waals surface area contributed by atoms with Crippen molar-refractivity contribution in [1.82, 2.24) is 4.98 Å². The summed E-state index contributed by atoms with van der Waals surface area (Å²) in [6.07, 6.45) is 1.77. The molecule has 0 atom stereocenters. The minimum atomic E-state index is -0.737. The van der Waals surface area contributed by atoms with Crippen LogP contribution in [0.1, 0.15) is 26.7 Å². The number of furan rings is 2. The Balaban J connectivity index is 1.60. The molecule has 7 rings (SSSR count). The average Bonchev–Trinajstić information content (AvgIpc) is 3.46. The lowest BCUT2D eigenvalue weighted by Gasteiger charge is -2.08. The van der Waals surface area contributed by atoms with Crippen LogP contribution in [-0.2, 0) is 0 Å². The van der Waals surface area contributed by atoms with Crippen LogP contribution >= 0.6 is 0 Å². The SMILES string of the molecule is [2H]C(C)(C)c1ccnc(-c2cc3oc4ccccc4c3c3c2oc2cc(-c4ccccc4)ccc23)c1. The average molecular weight is 455 g/mol. The van der Waals surface area contributed by atoms with E-state index in [0.29, 0.717) is 0 Å². The predicted molar refractivity (Wildman–Crippen MR) is 144 cm³/mol. The zero-order valence-corrected chi connectivity index (χ0v) is 19.5. The Bertz CT molecular complexity index is 1920. The molecular formula is C32H23NO2. The Morgan fingerprint density at radius 3 is 2.34 bits per heavy atom. The summed E-state index contributed by atoms with van der Waals surface area (Å²) in [6.45, 7) is 3.77. The zero-order valence-electron chi connectivity index (χ0n) is 20.5. The fourth-order valence-electron chi connectivity index (χ4n) is 5.04. The number of hydrogen-bond donors (Lipinski definition) is 0. The number of benzene rings is 4. The number of para-hydroxylation sites is 1. The van der Waals surface area contributed by atoms with Gasteiger partial charge in [0.1, 0.15) is 22.3 Å². The van der Waals surface area contributed by atoms with Crippen molar-refractivity contribution < 1.29 is 10.2 Å². The topological polar surface area (TPSA) is 39.2 Å². The zero-order chi connectivity index (χ0) is 24.4. The summed E-state index contributed by atoms with van der Waals surface area (Å²) in [7, 11) is 0. The van der Waals surface area contributed by atoms with Gasteiger partial charge in [-0.15, -0.1) is 0 Å². The second kappa shape index (κ2) is 7.57. The predicted octanol–water partition coefficient (Wildman–Crippen LogP) is 9.34. The van der Waals surface area contributed by atoms with E-state index in [1.165, 1.54) is 0 Å². The van der Waals surface area contributed by atoms with Gasteiger partial charge in [-0.25, -0.2) is 0 Å². The molecule has 35 heavy (non-hydrogen) atoms. The van der Waals surface area contributed by atoms with Crippen molar-refractivity contribution >= 4 is 43.9 Å². The maximum absolute atomic E-state index is 8.52. The molecule has 0 aliphatic carbocycles. The number of rotatable bonds is 3. The van der Waals surface area contributed by atoms with Crippen molar-refractivity contribution in [3.05, 3.63) is 103 Å². The van der Waals surface area contributed by atoms with Gasteiger partial charge < -0.3 is 8.83 Å². The van der Waals surface area contributed by atoms with E-state index in [9.17, 15) is 0 Å². The molecule has 0 bridgehead atoms. The van der Waals surface area contributed by atoms with Gasteiger partial charge in [0.2, 0.25) is 0 Å². The van der Waals surface area contributed by atoms with Crippen LogP contribution in [0.2, 0.25) is 0 Å². The summed E-state index contributed by atoms with van der Waals surface area (Å²) in [4.78, 5) is 4.68. The van der Waals surface area contributed by atoms with Gasteiger partial charge in [-0.2, -0.15) is 0 Å². The standard InChI is InChI=1S/C32H23NO2/c1-19(2)21-14-15-33-26(16-21)25-18-29-30(23-10-6-7-11-27(23)34-29)31-24-13-12-22(17-28(24)35-32(25)31)20-8-4-3-5-9-20/h3-19H,1-2H3/i19D. The third-order valence-corrected chi connectivity index (χ3v) is 6.80. The number of aromatic nitrogens is 1. The Morgan fingerprint density at radius 2 is 1.49 bits per heavy atom. The smallest absolute Gasteiger partial charge is 0.145 e. The quantitative estimate of drug-likeness (QED) is 0.267. The molecule has 0 fully saturated rings. The van der Waals surface area contributed by atoms with E-state index in [1.54, 1.807) is 6.20 Å². The largest absolute Gasteiger partial charge is 0.456 e. The second-order valence-electron chi connectivity index (χ2n) is 9.21. The lowest BCUT2D eigenvalue weighted by Crippen LogP contribution is -1.91. The van der Waals surface area contributed by atoms with Crippen molar-refractivity contribution in [1.29, 1.82) is 0 Å². The summed E-state index contributed by atoms with van der Waals surface area (Å²) in [5.41, 5.74) is 8.01. The summed E-state index contributed by atoms with van der Waals surface area (Å²) >= 11 is 0. The van der Waals surface area contributed by atoms with Gasteiger partial charge in [0.25, 0.3) is 0 Å². The summed E-state index contributed by atoms with van der Waals surface area (Å²) in [5.74, 6) is -0.737. The highest BCUT2D eigenvalue weighted by atomic mass is 16.3. The van der Waals surface area contributed by atoms with Crippen molar-refractivity contribution in [3.8, 4) is 22.4 Å². The van der Waals surface area contributed by atoms with E-state index < -0.39 is 5.89 Å². The monoisotopic (exact) mass is 454 g/mol. The highest BCUT2D eigenvalue weighted by Crippen LogP contribution is 2.45. The fourth-order valence-corrected chi connectivity index (χ4v) is 5.04.